The van der Waals surface area contributed by atoms with Gasteiger partial charge in [0.05, 0.1) is 0 Å². The minimum Gasteiger partial charge on any atom is -0.377 e. The van der Waals surface area contributed by atoms with Crippen LogP contribution in [0.15, 0.2) is 35.9 Å². The van der Waals surface area contributed by atoms with Crippen molar-refractivity contribution in [2.75, 3.05) is 0 Å². The summed E-state index contributed by atoms with van der Waals surface area (Å²) in [4.78, 5) is 12.0. The molecule has 1 aromatic carbocycles. The summed E-state index contributed by atoms with van der Waals surface area (Å²) < 4.78 is 0. The summed E-state index contributed by atoms with van der Waals surface area (Å²) in [5, 5.41) is 11.8. The second-order valence-corrected chi connectivity index (χ2v) is 10.8. The number of allylic oxidation sites excluding steroid dienone is 1. The Bertz CT molecular complexity index is 945. The van der Waals surface area contributed by atoms with Crippen molar-refractivity contribution in [1.82, 2.24) is 0 Å². The average Bonchev–Trinajstić information content (AvgIpc) is 2.98. The van der Waals surface area contributed by atoms with E-state index in [4.69, 9.17) is 0 Å². The largest absolute Gasteiger partial charge is 0.377 e. The summed E-state index contributed by atoms with van der Waals surface area (Å²) in [5.74, 6) is 10.0. The van der Waals surface area contributed by atoms with Gasteiger partial charge in [0, 0.05) is 17.4 Å². The first-order chi connectivity index (χ1) is 14.3. The molecule has 30 heavy (non-hydrogen) atoms. The fraction of sp³-hybridized carbons (Fsp3) is 0.607. The lowest BCUT2D eigenvalue weighted by Gasteiger charge is -2.56. The predicted octanol–water partition coefficient (Wildman–Crippen LogP) is 5.47. The van der Waals surface area contributed by atoms with Crippen LogP contribution in [0, 0.1) is 53.8 Å². The molecule has 158 valence electrons. The lowest BCUT2D eigenvalue weighted by Crippen LogP contribution is -2.54. The molecule has 2 nitrogen and oxygen atoms in total. The molecule has 5 unspecified atom stereocenters. The van der Waals surface area contributed by atoms with Crippen LogP contribution >= 0.6 is 0 Å². The quantitative estimate of drug-likeness (QED) is 0.585. The number of hydrogen-bond donors (Lipinski definition) is 1. The molecule has 0 aliphatic heterocycles. The van der Waals surface area contributed by atoms with Crippen molar-refractivity contribution in [1.29, 1.82) is 0 Å². The van der Waals surface area contributed by atoms with Crippen molar-refractivity contribution in [3.63, 3.8) is 0 Å². The smallest absolute Gasteiger partial charge is 0.155 e. The minimum absolute atomic E-state index is 0.133. The number of carbonyl (C=O) groups is 1. The second-order valence-electron chi connectivity index (χ2n) is 10.8. The van der Waals surface area contributed by atoms with Crippen LogP contribution in [0.4, 0.5) is 0 Å². The molecular weight excluding hydrogens is 368 g/mol. The van der Waals surface area contributed by atoms with Gasteiger partial charge in [-0.05, 0) is 93.2 Å². The minimum atomic E-state index is -0.897. The van der Waals surface area contributed by atoms with Crippen molar-refractivity contribution < 1.29 is 9.90 Å². The molecule has 2 heteroatoms. The van der Waals surface area contributed by atoms with Crippen LogP contribution in [0.25, 0.3) is 0 Å². The van der Waals surface area contributed by atoms with E-state index < -0.39 is 5.60 Å². The third kappa shape index (κ3) is 3.01. The van der Waals surface area contributed by atoms with E-state index in [0.29, 0.717) is 35.4 Å². The SMILES string of the molecule is Cc1ccc(C#C[C@]2(O)CCC3C4C(C)CC5=CC(=O)CCC5C4CC[C@@]32C)cc1. The highest BCUT2D eigenvalue weighted by Gasteiger charge is 2.63. The van der Waals surface area contributed by atoms with E-state index in [2.05, 4.69) is 56.9 Å². The standard InChI is InChI=1S/C28H34O2/c1-18-4-6-20(7-5-18)10-14-28(30)15-12-25-26-19(2)16-21-17-22(29)8-9-23(21)24(26)11-13-27(25,28)3/h4-7,17,19,23-26,30H,8-9,11-13,15-16H2,1-3H3/t19?,23?,24?,25?,26?,27-,28-/m0/s1. The maximum Gasteiger partial charge on any atom is 0.155 e. The van der Waals surface area contributed by atoms with Crippen LogP contribution in [-0.4, -0.2) is 16.5 Å². The van der Waals surface area contributed by atoms with E-state index in [-0.39, 0.29) is 5.41 Å². The van der Waals surface area contributed by atoms with Gasteiger partial charge < -0.3 is 5.11 Å². The number of aryl methyl sites for hydroxylation is 1. The summed E-state index contributed by atoms with van der Waals surface area (Å²) >= 11 is 0. The molecule has 7 atom stereocenters. The monoisotopic (exact) mass is 402 g/mol. The molecule has 3 saturated carbocycles. The first-order valence-corrected chi connectivity index (χ1v) is 11.9. The molecule has 1 N–H and O–H groups in total. The summed E-state index contributed by atoms with van der Waals surface area (Å²) in [6, 6.07) is 8.28. The Hall–Kier alpha value is -1.85. The fourth-order valence-corrected chi connectivity index (χ4v) is 7.62. The second kappa shape index (κ2) is 7.10. The number of benzene rings is 1. The molecule has 0 saturated heterocycles. The lowest BCUT2D eigenvalue weighted by atomic mass is 9.48. The summed E-state index contributed by atoms with van der Waals surface area (Å²) in [5.41, 5.74) is 2.62. The van der Waals surface area contributed by atoms with Crippen LogP contribution in [-0.2, 0) is 4.79 Å². The Morgan fingerprint density at radius 3 is 2.63 bits per heavy atom. The topological polar surface area (TPSA) is 37.3 Å². The van der Waals surface area contributed by atoms with Gasteiger partial charge in [0.15, 0.2) is 5.78 Å². The zero-order valence-corrected chi connectivity index (χ0v) is 18.6. The van der Waals surface area contributed by atoms with Gasteiger partial charge in [0.1, 0.15) is 5.60 Å². The number of ketones is 1. The predicted molar refractivity (Wildman–Crippen MR) is 120 cm³/mol. The van der Waals surface area contributed by atoms with E-state index in [1.54, 1.807) is 0 Å². The van der Waals surface area contributed by atoms with Crippen molar-refractivity contribution in [2.45, 2.75) is 71.3 Å². The zero-order valence-electron chi connectivity index (χ0n) is 18.6. The van der Waals surface area contributed by atoms with Crippen LogP contribution in [0.1, 0.15) is 69.9 Å². The number of fused-ring (bicyclic) bond motifs is 5. The van der Waals surface area contributed by atoms with Gasteiger partial charge in [0.2, 0.25) is 0 Å². The maximum atomic E-state index is 12.0. The van der Waals surface area contributed by atoms with E-state index in [1.807, 2.05) is 6.08 Å². The van der Waals surface area contributed by atoms with Crippen LogP contribution in [0.3, 0.4) is 0 Å². The Balaban J connectivity index is 1.44. The molecule has 0 spiro atoms. The van der Waals surface area contributed by atoms with Crippen molar-refractivity contribution in [3.8, 4) is 11.8 Å². The lowest BCUT2D eigenvalue weighted by molar-refractivity contribution is -0.117. The summed E-state index contributed by atoms with van der Waals surface area (Å²) in [6.07, 6.45) is 8.87. The normalized spacial score (nSPS) is 42.3. The average molecular weight is 403 g/mol. The molecule has 4 aliphatic rings. The molecule has 3 fully saturated rings. The molecule has 0 aromatic heterocycles. The van der Waals surface area contributed by atoms with E-state index in [0.717, 1.165) is 50.5 Å². The third-order valence-corrected chi connectivity index (χ3v) is 9.26. The van der Waals surface area contributed by atoms with Crippen molar-refractivity contribution >= 4 is 5.78 Å². The molecule has 0 heterocycles. The van der Waals surface area contributed by atoms with Crippen LogP contribution in [0.5, 0.6) is 0 Å². The Kier molecular flexibility index (Phi) is 4.75. The van der Waals surface area contributed by atoms with E-state index >= 15 is 0 Å². The molecule has 0 radical (unpaired) electrons. The van der Waals surface area contributed by atoms with Crippen molar-refractivity contribution in [3.05, 3.63) is 47.0 Å². The molecular formula is C28H34O2. The third-order valence-electron chi connectivity index (χ3n) is 9.26. The summed E-state index contributed by atoms with van der Waals surface area (Å²) in [7, 11) is 0. The van der Waals surface area contributed by atoms with Crippen LogP contribution in [0.2, 0.25) is 0 Å². The van der Waals surface area contributed by atoms with Gasteiger partial charge in [-0.25, -0.2) is 0 Å². The highest BCUT2D eigenvalue weighted by molar-refractivity contribution is 5.91. The van der Waals surface area contributed by atoms with Gasteiger partial charge in [-0.2, -0.15) is 0 Å². The number of carbonyl (C=O) groups excluding carboxylic acids is 1. The van der Waals surface area contributed by atoms with Crippen molar-refractivity contribution in [2.24, 2.45) is 35.0 Å². The van der Waals surface area contributed by atoms with E-state index in [9.17, 15) is 9.90 Å². The number of rotatable bonds is 0. The molecule has 0 bridgehead atoms. The van der Waals surface area contributed by atoms with E-state index in [1.165, 1.54) is 11.1 Å². The Labute approximate surface area is 181 Å². The van der Waals surface area contributed by atoms with Crippen LogP contribution < -0.4 is 0 Å². The van der Waals surface area contributed by atoms with Gasteiger partial charge in [-0.3, -0.25) is 4.79 Å². The molecule has 5 rings (SSSR count). The number of aliphatic hydroxyl groups is 1. The van der Waals surface area contributed by atoms with Gasteiger partial charge in [0.25, 0.3) is 0 Å². The Morgan fingerprint density at radius 1 is 1.10 bits per heavy atom. The van der Waals surface area contributed by atoms with Gasteiger partial charge in [-0.15, -0.1) is 0 Å². The van der Waals surface area contributed by atoms with Gasteiger partial charge >= 0.3 is 0 Å². The molecule has 1 aromatic rings. The maximum absolute atomic E-state index is 12.0. The zero-order chi connectivity index (χ0) is 21.1. The molecule has 0 amide bonds. The molecule has 4 aliphatic carbocycles. The Morgan fingerprint density at radius 2 is 1.87 bits per heavy atom. The highest BCUT2D eigenvalue weighted by Crippen LogP contribution is 2.65. The first-order valence-electron chi connectivity index (χ1n) is 11.9. The number of hydrogen-bond acceptors (Lipinski definition) is 2. The fourth-order valence-electron chi connectivity index (χ4n) is 7.62. The first kappa shape index (κ1) is 20.1. The summed E-state index contributed by atoms with van der Waals surface area (Å²) in [6.45, 7) is 6.78. The highest BCUT2D eigenvalue weighted by atomic mass is 16.3. The van der Waals surface area contributed by atoms with Gasteiger partial charge in [-0.1, -0.05) is 49.0 Å².